The van der Waals surface area contributed by atoms with E-state index in [1.807, 2.05) is 46.0 Å². The zero-order valence-electron chi connectivity index (χ0n) is 14.9. The molecule has 0 aliphatic carbocycles. The molecule has 1 rings (SSSR count). The van der Waals surface area contributed by atoms with Gasteiger partial charge in [-0.1, -0.05) is 28.1 Å². The van der Waals surface area contributed by atoms with E-state index in [4.69, 9.17) is 0 Å². The maximum Gasteiger partial charge on any atom is 0.279 e. The molecule has 6 heteroatoms. The maximum absolute atomic E-state index is 12.3. The number of carbonyl (C=O) groups is 2. The molecule has 1 atom stereocenters. The third-order valence-corrected chi connectivity index (χ3v) is 4.07. The molecule has 0 spiro atoms. The minimum absolute atomic E-state index is 0.0330. The van der Waals surface area contributed by atoms with E-state index in [-0.39, 0.29) is 24.9 Å². The van der Waals surface area contributed by atoms with Crippen LogP contribution >= 0.6 is 15.9 Å². The lowest BCUT2D eigenvalue weighted by Crippen LogP contribution is -3.11. The summed E-state index contributed by atoms with van der Waals surface area (Å²) in [5, 5.41) is 2.90. The van der Waals surface area contributed by atoms with E-state index < -0.39 is 0 Å². The summed E-state index contributed by atoms with van der Waals surface area (Å²) in [4.78, 5) is 27.1. The Bertz CT molecular complexity index is 616. The van der Waals surface area contributed by atoms with Crippen molar-refractivity contribution in [2.24, 2.45) is 0 Å². The Labute approximate surface area is 152 Å². The van der Waals surface area contributed by atoms with Crippen LogP contribution in [0.15, 0.2) is 34.8 Å². The van der Waals surface area contributed by atoms with Crippen molar-refractivity contribution < 1.29 is 14.5 Å². The van der Waals surface area contributed by atoms with Crippen molar-refractivity contribution in [3.05, 3.63) is 40.4 Å². The summed E-state index contributed by atoms with van der Waals surface area (Å²) in [6, 6.07) is 5.70. The number of benzene rings is 1. The van der Waals surface area contributed by atoms with Crippen LogP contribution in [-0.4, -0.2) is 49.9 Å². The van der Waals surface area contributed by atoms with Gasteiger partial charge in [0.05, 0.1) is 7.05 Å². The Morgan fingerprint density at radius 2 is 2.00 bits per heavy atom. The van der Waals surface area contributed by atoms with E-state index in [0.717, 1.165) is 26.2 Å². The summed E-state index contributed by atoms with van der Waals surface area (Å²) >= 11 is 3.40. The first-order valence-electron chi connectivity index (χ1n) is 8.02. The lowest BCUT2D eigenvalue weighted by atomic mass is 10.2. The maximum atomic E-state index is 12.3. The zero-order valence-corrected chi connectivity index (χ0v) is 16.5. The van der Waals surface area contributed by atoms with Crippen molar-refractivity contribution >= 4 is 33.4 Å². The van der Waals surface area contributed by atoms with Gasteiger partial charge in [-0.25, -0.2) is 0 Å². The number of rotatable bonds is 8. The minimum atomic E-state index is -0.103. The van der Waals surface area contributed by atoms with E-state index in [1.54, 1.807) is 4.90 Å². The molecule has 0 aliphatic rings. The molecule has 0 aromatic heterocycles. The second-order valence-electron chi connectivity index (χ2n) is 6.18. The van der Waals surface area contributed by atoms with E-state index in [0.29, 0.717) is 13.1 Å². The highest BCUT2D eigenvalue weighted by atomic mass is 79.9. The average molecular weight is 397 g/mol. The molecule has 132 valence electrons. The van der Waals surface area contributed by atoms with E-state index in [9.17, 15) is 9.59 Å². The summed E-state index contributed by atoms with van der Waals surface area (Å²) in [6.07, 6.45) is 0. The number of hydrogen-bond acceptors (Lipinski definition) is 2. The number of nitrogens with zero attached hydrogens (tertiary/aromatic N) is 1. The van der Waals surface area contributed by atoms with E-state index in [1.165, 1.54) is 0 Å². The van der Waals surface area contributed by atoms with E-state index >= 15 is 0 Å². The largest absolute Gasteiger partial charge is 0.334 e. The number of nitrogens with one attached hydrogen (secondary N) is 2. The van der Waals surface area contributed by atoms with Gasteiger partial charge >= 0.3 is 0 Å². The van der Waals surface area contributed by atoms with Gasteiger partial charge in [0, 0.05) is 23.2 Å². The highest BCUT2D eigenvalue weighted by Crippen LogP contribution is 2.19. The van der Waals surface area contributed by atoms with Crippen LogP contribution in [0, 0.1) is 6.92 Å². The predicted octanol–water partition coefficient (Wildman–Crippen LogP) is 1.64. The molecule has 1 aromatic carbocycles. The fraction of sp³-hybridized carbons (Fsp3) is 0.444. The molecule has 0 saturated heterocycles. The van der Waals surface area contributed by atoms with Crippen molar-refractivity contribution in [1.29, 1.82) is 0 Å². The number of amides is 2. The average Bonchev–Trinajstić information content (AvgIpc) is 2.47. The van der Waals surface area contributed by atoms with Crippen LogP contribution in [0.1, 0.15) is 19.4 Å². The number of likely N-dealkylation sites (N-methyl/N-ethyl adjacent to an activating group) is 2. The predicted molar refractivity (Wildman–Crippen MR) is 101 cm³/mol. The third kappa shape index (κ3) is 6.84. The molecule has 0 aliphatic heterocycles. The molecule has 1 unspecified atom stereocenters. The number of carbonyl (C=O) groups excluding carboxylic acids is 2. The first-order valence-corrected chi connectivity index (χ1v) is 8.81. The zero-order chi connectivity index (χ0) is 18.3. The smallest absolute Gasteiger partial charge is 0.279 e. The lowest BCUT2D eigenvalue weighted by molar-refractivity contribution is -0.862. The molecular weight excluding hydrogens is 370 g/mol. The Morgan fingerprint density at radius 1 is 1.33 bits per heavy atom. The molecule has 0 bridgehead atoms. The second kappa shape index (κ2) is 9.59. The Kier molecular flexibility index (Phi) is 8.15. The van der Waals surface area contributed by atoms with Gasteiger partial charge in [0.25, 0.3) is 11.8 Å². The molecule has 0 saturated carbocycles. The summed E-state index contributed by atoms with van der Waals surface area (Å²) < 4.78 is 0.975. The van der Waals surface area contributed by atoms with Crippen LogP contribution in [-0.2, 0) is 9.59 Å². The Balaban J connectivity index is 2.54. The number of quaternary nitrogens is 1. The molecule has 0 fully saturated rings. The molecule has 5 nitrogen and oxygen atoms in total. The van der Waals surface area contributed by atoms with Gasteiger partial charge in [0.15, 0.2) is 13.1 Å². The van der Waals surface area contributed by atoms with Gasteiger partial charge < -0.3 is 15.1 Å². The minimum Gasteiger partial charge on any atom is -0.334 e. The van der Waals surface area contributed by atoms with Gasteiger partial charge in [-0.15, -0.1) is 0 Å². The first kappa shape index (κ1) is 20.4. The summed E-state index contributed by atoms with van der Waals surface area (Å²) in [6.45, 7) is 11.4. The van der Waals surface area contributed by atoms with Crippen LogP contribution < -0.4 is 10.2 Å². The van der Waals surface area contributed by atoms with E-state index in [2.05, 4.69) is 27.8 Å². The van der Waals surface area contributed by atoms with Crippen LogP contribution in [0.2, 0.25) is 0 Å². The first-order chi connectivity index (χ1) is 11.2. The fourth-order valence-corrected chi connectivity index (χ4v) is 2.85. The highest BCUT2D eigenvalue weighted by Gasteiger charge is 2.19. The van der Waals surface area contributed by atoms with Gasteiger partial charge in [-0.2, -0.15) is 0 Å². The molecular formula is C18H27BrN3O2+. The fourth-order valence-electron chi connectivity index (χ4n) is 2.37. The Morgan fingerprint density at radius 3 is 2.54 bits per heavy atom. The van der Waals surface area contributed by atoms with Gasteiger partial charge in [0.1, 0.15) is 0 Å². The molecule has 2 N–H and O–H groups in total. The monoisotopic (exact) mass is 396 g/mol. The lowest BCUT2D eigenvalue weighted by Gasteiger charge is -2.22. The summed E-state index contributed by atoms with van der Waals surface area (Å²) in [7, 11) is 1.85. The van der Waals surface area contributed by atoms with Crippen molar-refractivity contribution in [2.75, 3.05) is 38.5 Å². The normalized spacial score (nSPS) is 11.7. The molecule has 24 heavy (non-hydrogen) atoms. The molecule has 2 amide bonds. The van der Waals surface area contributed by atoms with Crippen molar-refractivity contribution in [2.45, 2.75) is 20.8 Å². The van der Waals surface area contributed by atoms with Crippen LogP contribution in [0.25, 0.3) is 0 Å². The van der Waals surface area contributed by atoms with Gasteiger partial charge in [-0.3, -0.25) is 9.59 Å². The highest BCUT2D eigenvalue weighted by molar-refractivity contribution is 9.10. The number of anilines is 1. The molecule has 1 aromatic rings. The quantitative estimate of drug-likeness (QED) is 0.656. The third-order valence-electron chi connectivity index (χ3n) is 3.57. The van der Waals surface area contributed by atoms with Gasteiger partial charge in [0.2, 0.25) is 0 Å². The van der Waals surface area contributed by atoms with Crippen molar-refractivity contribution in [3.8, 4) is 0 Å². The SMILES string of the molecule is C=C(C)CN(CC)C(=O)C[NH+](C)CC(=O)Nc1ccc(Br)cc1C. The number of aryl methyl sites for hydroxylation is 1. The second-order valence-corrected chi connectivity index (χ2v) is 7.10. The standard InChI is InChI=1S/C18H26BrN3O2/c1-6-22(10-13(2)3)18(24)12-21(5)11-17(23)20-16-8-7-15(19)9-14(16)4/h7-9H,2,6,10-12H2,1,3-5H3,(H,20,23)/p+1. The van der Waals surface area contributed by atoms with Crippen LogP contribution in [0.4, 0.5) is 5.69 Å². The van der Waals surface area contributed by atoms with Gasteiger partial charge in [-0.05, 0) is 44.5 Å². The summed E-state index contributed by atoms with van der Waals surface area (Å²) in [5.74, 6) is -0.0701. The summed E-state index contributed by atoms with van der Waals surface area (Å²) in [5.41, 5.74) is 2.73. The van der Waals surface area contributed by atoms with Crippen LogP contribution in [0.3, 0.4) is 0 Å². The topological polar surface area (TPSA) is 53.9 Å². The van der Waals surface area contributed by atoms with Crippen LogP contribution in [0.5, 0.6) is 0 Å². The number of hydrogen-bond donors (Lipinski definition) is 2. The molecule has 0 heterocycles. The Hall–Kier alpha value is -1.66. The van der Waals surface area contributed by atoms with Crippen molar-refractivity contribution in [1.82, 2.24) is 4.90 Å². The number of halogens is 1. The van der Waals surface area contributed by atoms with Crippen molar-refractivity contribution in [3.63, 3.8) is 0 Å². The molecule has 0 radical (unpaired) electrons.